The van der Waals surface area contributed by atoms with Gasteiger partial charge < -0.3 is 15.2 Å². The fraction of sp³-hybridized carbons (Fsp3) is 0.200. The lowest BCUT2D eigenvalue weighted by Gasteiger charge is -2.08. The zero-order valence-corrected chi connectivity index (χ0v) is 10.4. The molecule has 0 unspecified atom stereocenters. The van der Waals surface area contributed by atoms with E-state index in [1.165, 1.54) is 0 Å². The van der Waals surface area contributed by atoms with Crippen LogP contribution in [0.3, 0.4) is 0 Å². The average Bonchev–Trinajstić information content (AvgIpc) is 2.45. The number of ether oxygens (including phenoxy) is 2. The van der Waals surface area contributed by atoms with Crippen molar-refractivity contribution in [2.24, 2.45) is 5.73 Å². The van der Waals surface area contributed by atoms with Crippen LogP contribution in [0.5, 0.6) is 11.5 Å². The van der Waals surface area contributed by atoms with Crippen LogP contribution >= 0.6 is 0 Å². The summed E-state index contributed by atoms with van der Waals surface area (Å²) in [6.45, 7) is 1.05. The predicted molar refractivity (Wildman–Crippen MR) is 73.0 cm³/mol. The smallest absolute Gasteiger partial charge is 0.119 e. The summed E-state index contributed by atoms with van der Waals surface area (Å²) in [5.74, 6) is 1.68. The Labute approximate surface area is 107 Å². The largest absolute Gasteiger partial charge is 0.497 e. The Morgan fingerprint density at radius 1 is 0.944 bits per heavy atom. The average molecular weight is 243 g/mol. The molecule has 3 nitrogen and oxygen atoms in total. The van der Waals surface area contributed by atoms with Gasteiger partial charge in [-0.2, -0.15) is 0 Å². The zero-order valence-electron chi connectivity index (χ0n) is 10.4. The van der Waals surface area contributed by atoms with Crippen molar-refractivity contribution in [2.45, 2.75) is 0 Å². The lowest BCUT2D eigenvalue weighted by atomic mass is 10.1. The summed E-state index contributed by atoms with van der Waals surface area (Å²) >= 11 is 0. The molecule has 0 aromatic heterocycles. The first-order chi connectivity index (χ1) is 8.83. The Bertz CT molecular complexity index is 511. The normalized spacial score (nSPS) is 10.1. The fourth-order valence-electron chi connectivity index (χ4n) is 1.74. The van der Waals surface area contributed by atoms with Crippen LogP contribution < -0.4 is 15.2 Å². The Morgan fingerprint density at radius 3 is 2.17 bits per heavy atom. The van der Waals surface area contributed by atoms with Crippen molar-refractivity contribution < 1.29 is 9.47 Å². The third-order valence-electron chi connectivity index (χ3n) is 2.62. The van der Waals surface area contributed by atoms with E-state index in [2.05, 4.69) is 0 Å². The molecule has 0 bridgehead atoms. The summed E-state index contributed by atoms with van der Waals surface area (Å²) in [6, 6.07) is 15.9. The van der Waals surface area contributed by atoms with Crippen molar-refractivity contribution >= 4 is 0 Å². The summed E-state index contributed by atoms with van der Waals surface area (Å²) in [5.41, 5.74) is 7.63. The molecule has 0 atom stereocenters. The van der Waals surface area contributed by atoms with Gasteiger partial charge in [0.25, 0.3) is 0 Å². The predicted octanol–water partition coefficient (Wildman–Crippen LogP) is 2.70. The highest BCUT2D eigenvalue weighted by Gasteiger charge is 2.01. The molecule has 2 N–H and O–H groups in total. The third kappa shape index (κ3) is 3.02. The minimum absolute atomic E-state index is 0.517. The number of hydrogen-bond donors (Lipinski definition) is 1. The first-order valence-corrected chi connectivity index (χ1v) is 5.91. The minimum atomic E-state index is 0.517. The molecule has 94 valence electrons. The van der Waals surface area contributed by atoms with Crippen LogP contribution in [0, 0.1) is 0 Å². The van der Waals surface area contributed by atoms with Gasteiger partial charge in [-0.15, -0.1) is 0 Å². The summed E-state index contributed by atoms with van der Waals surface area (Å²) < 4.78 is 10.7. The molecule has 0 aliphatic carbocycles. The molecule has 0 fully saturated rings. The molecular weight excluding hydrogens is 226 g/mol. The first-order valence-electron chi connectivity index (χ1n) is 5.91. The first kappa shape index (κ1) is 12.5. The van der Waals surface area contributed by atoms with E-state index >= 15 is 0 Å². The molecule has 0 saturated carbocycles. The van der Waals surface area contributed by atoms with Gasteiger partial charge >= 0.3 is 0 Å². The van der Waals surface area contributed by atoms with Crippen molar-refractivity contribution in [2.75, 3.05) is 20.3 Å². The van der Waals surface area contributed by atoms with Crippen molar-refractivity contribution in [3.05, 3.63) is 48.5 Å². The summed E-state index contributed by atoms with van der Waals surface area (Å²) in [6.07, 6.45) is 0. The van der Waals surface area contributed by atoms with Crippen LogP contribution in [0.4, 0.5) is 0 Å². The van der Waals surface area contributed by atoms with Crippen molar-refractivity contribution in [1.29, 1.82) is 0 Å². The summed E-state index contributed by atoms with van der Waals surface area (Å²) in [4.78, 5) is 0. The number of benzene rings is 2. The molecule has 2 aromatic rings. The maximum absolute atomic E-state index is 5.52. The third-order valence-corrected chi connectivity index (χ3v) is 2.62. The second-order valence-corrected chi connectivity index (χ2v) is 3.90. The van der Waals surface area contributed by atoms with E-state index in [4.69, 9.17) is 15.2 Å². The molecule has 0 spiro atoms. The lowest BCUT2D eigenvalue weighted by molar-refractivity contribution is 0.328. The van der Waals surface area contributed by atoms with Gasteiger partial charge in [-0.1, -0.05) is 24.3 Å². The highest BCUT2D eigenvalue weighted by Crippen LogP contribution is 2.26. The molecule has 0 aliphatic heterocycles. The van der Waals surface area contributed by atoms with E-state index in [9.17, 15) is 0 Å². The number of nitrogens with two attached hydrogens (primary N) is 1. The van der Waals surface area contributed by atoms with E-state index in [0.29, 0.717) is 13.2 Å². The molecule has 0 heterocycles. The monoisotopic (exact) mass is 243 g/mol. The standard InChI is InChI=1S/C15H17NO2/c1-17-14-6-2-4-12(10-14)13-5-3-7-15(11-13)18-9-8-16/h2-7,10-11H,8-9,16H2,1H3. The molecule has 3 heteroatoms. The number of methoxy groups -OCH3 is 1. The van der Waals surface area contributed by atoms with Gasteiger partial charge in [-0.3, -0.25) is 0 Å². The maximum atomic E-state index is 5.52. The minimum Gasteiger partial charge on any atom is -0.497 e. The second-order valence-electron chi connectivity index (χ2n) is 3.90. The number of hydrogen-bond acceptors (Lipinski definition) is 3. The van der Waals surface area contributed by atoms with E-state index in [-0.39, 0.29) is 0 Å². The van der Waals surface area contributed by atoms with Crippen LogP contribution in [0.2, 0.25) is 0 Å². The van der Waals surface area contributed by atoms with E-state index < -0.39 is 0 Å². The molecule has 0 amide bonds. The number of rotatable bonds is 5. The molecular formula is C15H17NO2. The van der Waals surface area contributed by atoms with Crippen LogP contribution in [0.1, 0.15) is 0 Å². The Morgan fingerprint density at radius 2 is 1.56 bits per heavy atom. The van der Waals surface area contributed by atoms with Gasteiger partial charge in [0, 0.05) is 6.54 Å². The van der Waals surface area contributed by atoms with Crippen LogP contribution in [0.25, 0.3) is 11.1 Å². The van der Waals surface area contributed by atoms with E-state index in [0.717, 1.165) is 22.6 Å². The lowest BCUT2D eigenvalue weighted by Crippen LogP contribution is -2.10. The zero-order chi connectivity index (χ0) is 12.8. The van der Waals surface area contributed by atoms with Crippen molar-refractivity contribution in [3.63, 3.8) is 0 Å². The Balaban J connectivity index is 2.26. The van der Waals surface area contributed by atoms with Crippen LogP contribution in [0.15, 0.2) is 48.5 Å². The van der Waals surface area contributed by atoms with Gasteiger partial charge in [0.05, 0.1) is 7.11 Å². The van der Waals surface area contributed by atoms with Crippen LogP contribution in [-0.2, 0) is 0 Å². The highest BCUT2D eigenvalue weighted by atomic mass is 16.5. The van der Waals surface area contributed by atoms with Crippen molar-refractivity contribution in [3.8, 4) is 22.6 Å². The molecule has 0 aliphatic rings. The summed E-state index contributed by atoms with van der Waals surface area (Å²) in [7, 11) is 1.67. The SMILES string of the molecule is COc1cccc(-c2cccc(OCCN)c2)c1. The topological polar surface area (TPSA) is 44.5 Å². The summed E-state index contributed by atoms with van der Waals surface area (Å²) in [5, 5.41) is 0. The highest BCUT2D eigenvalue weighted by molar-refractivity contribution is 5.66. The molecule has 0 saturated heterocycles. The van der Waals surface area contributed by atoms with Gasteiger partial charge in [-0.05, 0) is 35.4 Å². The molecule has 2 rings (SSSR count). The molecule has 18 heavy (non-hydrogen) atoms. The Hall–Kier alpha value is -2.00. The van der Waals surface area contributed by atoms with E-state index in [1.54, 1.807) is 7.11 Å². The fourth-order valence-corrected chi connectivity index (χ4v) is 1.74. The molecule has 0 radical (unpaired) electrons. The Kier molecular flexibility index (Phi) is 4.20. The second kappa shape index (κ2) is 6.07. The molecule has 2 aromatic carbocycles. The quantitative estimate of drug-likeness (QED) is 0.878. The maximum Gasteiger partial charge on any atom is 0.119 e. The van der Waals surface area contributed by atoms with Crippen LogP contribution in [-0.4, -0.2) is 20.3 Å². The van der Waals surface area contributed by atoms with Crippen molar-refractivity contribution in [1.82, 2.24) is 0 Å². The van der Waals surface area contributed by atoms with Gasteiger partial charge in [0.15, 0.2) is 0 Å². The van der Waals surface area contributed by atoms with Gasteiger partial charge in [-0.25, -0.2) is 0 Å². The van der Waals surface area contributed by atoms with Gasteiger partial charge in [0.1, 0.15) is 18.1 Å². The van der Waals surface area contributed by atoms with E-state index in [1.807, 2.05) is 48.5 Å². The van der Waals surface area contributed by atoms with Gasteiger partial charge in [0.2, 0.25) is 0 Å².